The maximum absolute atomic E-state index is 12.0. The number of hydrogen-bond donors (Lipinski definition) is 0. The predicted molar refractivity (Wildman–Crippen MR) is 71.6 cm³/mol. The number of carbonyl (C=O) groups excluding carboxylic acids is 1. The normalized spacial score (nSPS) is 10.6. The highest BCUT2D eigenvalue weighted by Gasteiger charge is 2.15. The molecule has 94 valence electrons. The molecule has 0 atom stereocenters. The van der Waals surface area contributed by atoms with Crippen LogP contribution in [0.2, 0.25) is 0 Å². The van der Waals surface area contributed by atoms with E-state index >= 15 is 0 Å². The van der Waals surface area contributed by atoms with E-state index in [1.807, 2.05) is 24.3 Å². The summed E-state index contributed by atoms with van der Waals surface area (Å²) in [6, 6.07) is 9.16. The van der Waals surface area contributed by atoms with Crippen molar-refractivity contribution in [2.45, 2.75) is 0 Å². The third-order valence-electron chi connectivity index (χ3n) is 2.53. The first-order valence-corrected chi connectivity index (χ1v) is 6.29. The van der Waals surface area contributed by atoms with E-state index in [-0.39, 0.29) is 11.6 Å². The second-order valence-corrected chi connectivity index (χ2v) is 4.72. The molecule has 0 unspecified atom stereocenters. The number of carbonyl (C=O) groups is 1. The Morgan fingerprint density at radius 1 is 1.26 bits per heavy atom. The van der Waals surface area contributed by atoms with Gasteiger partial charge in [-0.3, -0.25) is 4.79 Å². The summed E-state index contributed by atoms with van der Waals surface area (Å²) in [7, 11) is 0. The molecule has 0 radical (unpaired) electrons. The average Bonchev–Trinajstić information content (AvgIpc) is 3.10. The Labute approximate surface area is 117 Å². The highest BCUT2D eigenvalue weighted by atomic mass is 79.9. The van der Waals surface area contributed by atoms with Crippen LogP contribution in [0, 0.1) is 0 Å². The van der Waals surface area contributed by atoms with Gasteiger partial charge in [0, 0.05) is 22.4 Å². The monoisotopic (exact) mass is 317 g/mol. The molecular formula is C13H8BrN3O2. The topological polar surface area (TPSA) is 60.9 Å². The van der Waals surface area contributed by atoms with E-state index in [9.17, 15) is 4.79 Å². The van der Waals surface area contributed by atoms with Crippen molar-refractivity contribution >= 4 is 21.8 Å². The Morgan fingerprint density at radius 3 is 2.74 bits per heavy atom. The number of benzene rings is 1. The molecule has 2 aromatic heterocycles. The zero-order valence-electron chi connectivity index (χ0n) is 9.65. The Kier molecular flexibility index (Phi) is 3.00. The zero-order chi connectivity index (χ0) is 13.2. The van der Waals surface area contributed by atoms with Gasteiger partial charge < -0.3 is 4.42 Å². The van der Waals surface area contributed by atoms with Crippen molar-refractivity contribution in [1.82, 2.24) is 14.8 Å². The molecule has 1 aromatic carbocycles. The van der Waals surface area contributed by atoms with Gasteiger partial charge in [-0.15, -0.1) is 0 Å². The van der Waals surface area contributed by atoms with Crippen LogP contribution in [0.4, 0.5) is 0 Å². The molecule has 0 bridgehead atoms. The van der Waals surface area contributed by atoms with Crippen molar-refractivity contribution in [3.63, 3.8) is 0 Å². The number of aromatic nitrogens is 3. The fraction of sp³-hybridized carbons (Fsp3) is 0. The molecule has 0 aliphatic rings. The van der Waals surface area contributed by atoms with E-state index in [1.54, 1.807) is 12.3 Å². The van der Waals surface area contributed by atoms with Gasteiger partial charge in [0.05, 0.1) is 0 Å². The third-order valence-corrected chi connectivity index (χ3v) is 3.06. The van der Waals surface area contributed by atoms with Crippen molar-refractivity contribution in [3.05, 3.63) is 59.2 Å². The van der Waals surface area contributed by atoms with Crippen LogP contribution < -0.4 is 0 Å². The van der Waals surface area contributed by atoms with Gasteiger partial charge in [0.1, 0.15) is 6.26 Å². The predicted octanol–water partition coefficient (Wildman–Crippen LogP) is 2.99. The van der Waals surface area contributed by atoms with Gasteiger partial charge in [0.15, 0.2) is 5.69 Å². The van der Waals surface area contributed by atoms with Crippen LogP contribution in [-0.4, -0.2) is 20.7 Å². The van der Waals surface area contributed by atoms with Crippen molar-refractivity contribution in [2.75, 3.05) is 0 Å². The molecule has 3 aromatic rings. The number of hydrogen-bond acceptors (Lipinski definition) is 4. The van der Waals surface area contributed by atoms with E-state index in [0.717, 1.165) is 10.0 Å². The van der Waals surface area contributed by atoms with Crippen LogP contribution in [0.15, 0.2) is 57.9 Å². The molecule has 3 rings (SSSR count). The van der Waals surface area contributed by atoms with Gasteiger partial charge in [-0.2, -0.15) is 5.10 Å². The van der Waals surface area contributed by atoms with Gasteiger partial charge in [-0.1, -0.05) is 15.9 Å². The lowest BCUT2D eigenvalue weighted by Crippen LogP contribution is -2.12. The van der Waals surface area contributed by atoms with Crippen molar-refractivity contribution < 1.29 is 9.21 Å². The molecule has 19 heavy (non-hydrogen) atoms. The van der Waals surface area contributed by atoms with E-state index in [4.69, 9.17) is 4.42 Å². The van der Waals surface area contributed by atoms with E-state index < -0.39 is 0 Å². The first kappa shape index (κ1) is 11.9. The lowest BCUT2D eigenvalue weighted by Gasteiger charge is -1.95. The Balaban J connectivity index is 1.91. The zero-order valence-corrected chi connectivity index (χ0v) is 11.2. The molecule has 0 saturated heterocycles. The van der Waals surface area contributed by atoms with Gasteiger partial charge in [0.25, 0.3) is 5.91 Å². The summed E-state index contributed by atoms with van der Waals surface area (Å²) in [5.41, 5.74) is 1.03. The van der Waals surface area contributed by atoms with Crippen molar-refractivity contribution in [1.29, 1.82) is 0 Å². The Bertz CT molecular complexity index is 702. The highest BCUT2D eigenvalue weighted by molar-refractivity contribution is 9.10. The van der Waals surface area contributed by atoms with E-state index in [1.165, 1.54) is 17.1 Å². The smallest absolute Gasteiger partial charge is 0.300 e. The summed E-state index contributed by atoms with van der Waals surface area (Å²) >= 11 is 3.36. The largest absolute Gasteiger partial charge is 0.444 e. The van der Waals surface area contributed by atoms with Gasteiger partial charge in [-0.05, 0) is 30.3 Å². The summed E-state index contributed by atoms with van der Waals surface area (Å²) < 4.78 is 7.50. The summed E-state index contributed by atoms with van der Waals surface area (Å²) in [6.07, 6.45) is 4.44. The number of oxazole rings is 1. The standard InChI is InChI=1S/C13H8BrN3O2/c14-10-4-2-9(3-5-10)12-16-11(8-19-12)13(18)17-7-1-6-15-17/h1-8H. The Morgan fingerprint density at radius 2 is 2.05 bits per heavy atom. The van der Waals surface area contributed by atoms with Crippen LogP contribution in [0.3, 0.4) is 0 Å². The summed E-state index contributed by atoms with van der Waals surface area (Å²) in [4.78, 5) is 16.2. The maximum Gasteiger partial charge on any atom is 0.300 e. The van der Waals surface area contributed by atoms with E-state index in [2.05, 4.69) is 26.0 Å². The number of nitrogens with zero attached hydrogens (tertiary/aromatic N) is 3. The molecule has 0 saturated carbocycles. The second kappa shape index (κ2) is 4.81. The highest BCUT2D eigenvalue weighted by Crippen LogP contribution is 2.21. The minimum atomic E-state index is -0.322. The molecule has 0 aliphatic heterocycles. The molecule has 0 spiro atoms. The maximum atomic E-state index is 12.0. The average molecular weight is 318 g/mol. The van der Waals surface area contributed by atoms with Gasteiger partial charge in [0.2, 0.25) is 5.89 Å². The van der Waals surface area contributed by atoms with Crippen LogP contribution in [0.5, 0.6) is 0 Å². The number of halogens is 1. The molecule has 2 heterocycles. The van der Waals surface area contributed by atoms with Gasteiger partial charge in [-0.25, -0.2) is 9.67 Å². The minimum Gasteiger partial charge on any atom is -0.444 e. The molecule has 0 aliphatic carbocycles. The Hall–Kier alpha value is -2.21. The molecule has 0 amide bonds. The fourth-order valence-electron chi connectivity index (χ4n) is 1.60. The molecule has 0 fully saturated rings. The first-order valence-electron chi connectivity index (χ1n) is 5.50. The summed E-state index contributed by atoms with van der Waals surface area (Å²) in [5.74, 6) is 0.0834. The molecule has 6 heteroatoms. The minimum absolute atomic E-state index is 0.224. The van der Waals surface area contributed by atoms with Gasteiger partial charge >= 0.3 is 0 Å². The summed E-state index contributed by atoms with van der Waals surface area (Å²) in [5, 5.41) is 3.87. The molecule has 5 nitrogen and oxygen atoms in total. The van der Waals surface area contributed by atoms with Crippen LogP contribution in [0.25, 0.3) is 11.5 Å². The number of rotatable bonds is 2. The molecule has 0 N–H and O–H groups in total. The van der Waals surface area contributed by atoms with E-state index in [0.29, 0.717) is 5.89 Å². The molecular weight excluding hydrogens is 310 g/mol. The summed E-state index contributed by atoms with van der Waals surface area (Å²) in [6.45, 7) is 0. The lowest BCUT2D eigenvalue weighted by atomic mass is 10.2. The second-order valence-electron chi connectivity index (χ2n) is 3.80. The lowest BCUT2D eigenvalue weighted by molar-refractivity contribution is 0.0940. The fourth-order valence-corrected chi connectivity index (χ4v) is 1.87. The third kappa shape index (κ3) is 2.34. The van der Waals surface area contributed by atoms with Crippen molar-refractivity contribution in [3.8, 4) is 11.5 Å². The SMILES string of the molecule is O=C(c1coc(-c2ccc(Br)cc2)n1)n1cccn1. The van der Waals surface area contributed by atoms with Crippen LogP contribution >= 0.6 is 15.9 Å². The quantitative estimate of drug-likeness (QED) is 0.729. The van der Waals surface area contributed by atoms with Crippen molar-refractivity contribution in [2.24, 2.45) is 0 Å². The van der Waals surface area contributed by atoms with Crippen LogP contribution in [-0.2, 0) is 0 Å². The van der Waals surface area contributed by atoms with Crippen LogP contribution in [0.1, 0.15) is 10.5 Å². The first-order chi connectivity index (χ1) is 9.24.